The summed E-state index contributed by atoms with van der Waals surface area (Å²) in [5.74, 6) is 2.02. The number of nitrogens with one attached hydrogen (secondary N) is 1. The Balaban J connectivity index is 2.59. The molecule has 0 aromatic rings. The maximum atomic E-state index is 12.1. The maximum Gasteiger partial charge on any atom is 0.326 e. The number of methoxy groups -OCH3 is 1. The van der Waals surface area contributed by atoms with Crippen LogP contribution >= 0.6 is 11.8 Å². The van der Waals surface area contributed by atoms with Crippen LogP contribution in [0.2, 0.25) is 0 Å². The van der Waals surface area contributed by atoms with E-state index in [0.29, 0.717) is 5.92 Å². The highest BCUT2D eigenvalue weighted by atomic mass is 32.2. The van der Waals surface area contributed by atoms with Gasteiger partial charge in [0.25, 0.3) is 0 Å². The smallest absolute Gasteiger partial charge is 0.326 e. The molecule has 0 amide bonds. The molecule has 2 atom stereocenters. The summed E-state index contributed by atoms with van der Waals surface area (Å²) in [6, 6.07) is 0. The molecule has 5 heteroatoms. The highest BCUT2D eigenvalue weighted by Crippen LogP contribution is 2.39. The Bertz CT molecular complexity index is 263. The molecule has 18 heavy (non-hydrogen) atoms. The van der Waals surface area contributed by atoms with Crippen molar-refractivity contribution in [3.63, 3.8) is 0 Å². The van der Waals surface area contributed by atoms with Gasteiger partial charge >= 0.3 is 5.97 Å². The number of ether oxygens (including phenoxy) is 1. The molecule has 4 nitrogen and oxygen atoms in total. The zero-order valence-corrected chi connectivity index (χ0v) is 12.2. The lowest BCUT2D eigenvalue weighted by molar-refractivity contribution is -0.150. The molecule has 0 heterocycles. The SMILES string of the molecule is CCNC1(C(=O)OC)CCCC1CCSCCO. The molecule has 0 spiro atoms. The number of carbonyl (C=O) groups excluding carboxylic acids is 1. The fourth-order valence-electron chi connectivity index (χ4n) is 2.93. The van der Waals surface area contributed by atoms with Gasteiger partial charge in [-0.1, -0.05) is 13.3 Å². The zero-order valence-electron chi connectivity index (χ0n) is 11.4. The van der Waals surface area contributed by atoms with Crippen molar-refractivity contribution in [1.82, 2.24) is 5.32 Å². The minimum atomic E-state index is -0.469. The lowest BCUT2D eigenvalue weighted by Gasteiger charge is -2.33. The molecule has 2 unspecified atom stereocenters. The van der Waals surface area contributed by atoms with Gasteiger partial charge < -0.3 is 15.2 Å². The number of hydrogen-bond acceptors (Lipinski definition) is 5. The Morgan fingerprint density at radius 2 is 2.33 bits per heavy atom. The number of rotatable bonds is 8. The standard InChI is InChI=1S/C13H25NO3S/c1-3-14-13(12(16)17-2)7-4-5-11(13)6-9-18-10-8-15/h11,14-15H,3-10H2,1-2H3. The van der Waals surface area contributed by atoms with Crippen molar-refractivity contribution in [3.8, 4) is 0 Å². The number of esters is 1. The second kappa shape index (κ2) is 8.02. The molecule has 0 aromatic heterocycles. The van der Waals surface area contributed by atoms with Gasteiger partial charge in [-0.2, -0.15) is 11.8 Å². The maximum absolute atomic E-state index is 12.1. The molecule has 1 fully saturated rings. The molecular weight excluding hydrogens is 250 g/mol. The van der Waals surface area contributed by atoms with Gasteiger partial charge in [0.15, 0.2) is 0 Å². The topological polar surface area (TPSA) is 58.6 Å². The average Bonchev–Trinajstić information content (AvgIpc) is 2.78. The van der Waals surface area contributed by atoms with E-state index in [1.165, 1.54) is 7.11 Å². The van der Waals surface area contributed by atoms with Crippen LogP contribution in [0, 0.1) is 5.92 Å². The Morgan fingerprint density at radius 3 is 2.94 bits per heavy atom. The summed E-state index contributed by atoms with van der Waals surface area (Å²) in [6.07, 6.45) is 4.05. The lowest BCUT2D eigenvalue weighted by atomic mass is 9.85. The molecule has 1 rings (SSSR count). The van der Waals surface area contributed by atoms with Gasteiger partial charge in [0.05, 0.1) is 13.7 Å². The first-order valence-corrected chi connectivity index (χ1v) is 7.88. The van der Waals surface area contributed by atoms with E-state index in [2.05, 4.69) is 5.32 Å². The Hall–Kier alpha value is -0.260. The van der Waals surface area contributed by atoms with Crippen molar-refractivity contribution < 1.29 is 14.6 Å². The van der Waals surface area contributed by atoms with Crippen LogP contribution in [0.4, 0.5) is 0 Å². The average molecular weight is 275 g/mol. The fraction of sp³-hybridized carbons (Fsp3) is 0.923. The first-order chi connectivity index (χ1) is 8.71. The van der Waals surface area contributed by atoms with E-state index in [1.807, 2.05) is 6.92 Å². The monoisotopic (exact) mass is 275 g/mol. The highest BCUT2D eigenvalue weighted by Gasteiger charge is 2.48. The molecule has 0 saturated heterocycles. The number of carbonyl (C=O) groups is 1. The van der Waals surface area contributed by atoms with E-state index in [0.717, 1.165) is 43.7 Å². The Morgan fingerprint density at radius 1 is 1.56 bits per heavy atom. The lowest BCUT2D eigenvalue weighted by Crippen LogP contribution is -2.55. The molecule has 1 saturated carbocycles. The summed E-state index contributed by atoms with van der Waals surface area (Å²) in [7, 11) is 1.47. The number of aliphatic hydroxyl groups excluding tert-OH is 1. The van der Waals surface area contributed by atoms with Crippen LogP contribution in [0.5, 0.6) is 0 Å². The normalized spacial score (nSPS) is 27.4. The largest absolute Gasteiger partial charge is 0.468 e. The van der Waals surface area contributed by atoms with Gasteiger partial charge in [-0.3, -0.25) is 4.79 Å². The third kappa shape index (κ3) is 3.62. The van der Waals surface area contributed by atoms with Crippen molar-refractivity contribution in [2.75, 3.05) is 31.8 Å². The van der Waals surface area contributed by atoms with Gasteiger partial charge in [0, 0.05) is 5.75 Å². The predicted molar refractivity (Wildman–Crippen MR) is 74.8 cm³/mol. The molecule has 0 aliphatic heterocycles. The second-order valence-corrected chi connectivity index (χ2v) is 5.93. The van der Waals surface area contributed by atoms with Crippen LogP contribution in [0.3, 0.4) is 0 Å². The van der Waals surface area contributed by atoms with Crippen molar-refractivity contribution in [2.45, 2.75) is 38.1 Å². The Labute approximate surface area is 114 Å². The van der Waals surface area contributed by atoms with Gasteiger partial charge in [-0.05, 0) is 37.5 Å². The minimum Gasteiger partial charge on any atom is -0.468 e. The summed E-state index contributed by atoms with van der Waals surface area (Å²) >= 11 is 1.75. The van der Waals surface area contributed by atoms with Crippen molar-refractivity contribution >= 4 is 17.7 Å². The zero-order chi connectivity index (χ0) is 13.4. The number of likely N-dealkylation sites (N-methyl/N-ethyl adjacent to an activating group) is 1. The Kier molecular flexibility index (Phi) is 7.04. The highest BCUT2D eigenvalue weighted by molar-refractivity contribution is 7.99. The van der Waals surface area contributed by atoms with Crippen LogP contribution in [0.15, 0.2) is 0 Å². The van der Waals surface area contributed by atoms with Crippen LogP contribution in [0.1, 0.15) is 32.6 Å². The van der Waals surface area contributed by atoms with Crippen LogP contribution in [-0.4, -0.2) is 48.4 Å². The van der Waals surface area contributed by atoms with Crippen molar-refractivity contribution in [3.05, 3.63) is 0 Å². The van der Waals surface area contributed by atoms with Gasteiger partial charge in [0.2, 0.25) is 0 Å². The summed E-state index contributed by atoms with van der Waals surface area (Å²) in [4.78, 5) is 12.1. The third-order valence-electron chi connectivity index (χ3n) is 3.71. The number of thioether (sulfide) groups is 1. The molecule has 0 bridgehead atoms. The molecule has 1 aliphatic rings. The van der Waals surface area contributed by atoms with Crippen molar-refractivity contribution in [1.29, 1.82) is 0 Å². The summed E-state index contributed by atoms with van der Waals surface area (Å²) in [5.41, 5.74) is -0.469. The van der Waals surface area contributed by atoms with E-state index < -0.39 is 5.54 Å². The van der Waals surface area contributed by atoms with E-state index in [1.54, 1.807) is 11.8 Å². The van der Waals surface area contributed by atoms with E-state index >= 15 is 0 Å². The molecule has 2 N–H and O–H groups in total. The predicted octanol–water partition coefficient (Wildman–Crippen LogP) is 1.42. The second-order valence-electron chi connectivity index (χ2n) is 4.71. The van der Waals surface area contributed by atoms with Crippen molar-refractivity contribution in [2.24, 2.45) is 5.92 Å². The minimum absolute atomic E-state index is 0.112. The molecule has 1 aliphatic carbocycles. The first-order valence-electron chi connectivity index (χ1n) is 6.73. The van der Waals surface area contributed by atoms with Crippen LogP contribution < -0.4 is 5.32 Å². The number of aliphatic hydroxyl groups is 1. The van der Waals surface area contributed by atoms with Crippen LogP contribution in [-0.2, 0) is 9.53 Å². The van der Waals surface area contributed by atoms with Gasteiger partial charge in [-0.15, -0.1) is 0 Å². The molecule has 0 aromatic carbocycles. The van der Waals surface area contributed by atoms with Gasteiger partial charge in [-0.25, -0.2) is 0 Å². The summed E-state index contributed by atoms with van der Waals surface area (Å²) < 4.78 is 5.00. The molecule has 0 radical (unpaired) electrons. The third-order valence-corrected chi connectivity index (χ3v) is 4.70. The van der Waals surface area contributed by atoms with E-state index in [9.17, 15) is 4.79 Å². The summed E-state index contributed by atoms with van der Waals surface area (Å²) in [6.45, 7) is 3.04. The molecule has 106 valence electrons. The molecular formula is C13H25NO3S. The first kappa shape index (κ1) is 15.8. The van der Waals surface area contributed by atoms with Gasteiger partial charge in [0.1, 0.15) is 5.54 Å². The van der Waals surface area contributed by atoms with E-state index in [-0.39, 0.29) is 12.6 Å². The van der Waals surface area contributed by atoms with E-state index in [4.69, 9.17) is 9.84 Å². The quantitative estimate of drug-likeness (QED) is 0.518. The summed E-state index contributed by atoms with van der Waals surface area (Å²) in [5, 5.41) is 12.1. The number of hydrogen-bond donors (Lipinski definition) is 2. The van der Waals surface area contributed by atoms with Crippen LogP contribution in [0.25, 0.3) is 0 Å². The fourth-order valence-corrected chi connectivity index (χ4v) is 3.72.